The SMILES string of the molecule is CC/C=C(\CC)c1ccc(C)cc1. The van der Waals surface area contributed by atoms with E-state index in [1.165, 1.54) is 16.7 Å². The lowest BCUT2D eigenvalue weighted by Crippen LogP contribution is -1.83. The Morgan fingerprint density at radius 3 is 2.23 bits per heavy atom. The lowest BCUT2D eigenvalue weighted by atomic mass is 10.0. The van der Waals surface area contributed by atoms with Crippen LogP contribution in [0.4, 0.5) is 0 Å². The predicted octanol–water partition coefficient (Wildman–Crippen LogP) is 4.20. The zero-order valence-corrected chi connectivity index (χ0v) is 8.80. The summed E-state index contributed by atoms with van der Waals surface area (Å²) in [6, 6.07) is 8.77. The Hall–Kier alpha value is -1.04. The van der Waals surface area contributed by atoms with Gasteiger partial charge in [-0.3, -0.25) is 0 Å². The molecule has 0 nitrogen and oxygen atoms in total. The molecule has 0 fully saturated rings. The van der Waals surface area contributed by atoms with Crippen LogP contribution in [0.3, 0.4) is 0 Å². The second kappa shape index (κ2) is 4.86. The van der Waals surface area contributed by atoms with Gasteiger partial charge in [0.1, 0.15) is 0 Å². The molecule has 0 aliphatic carbocycles. The maximum atomic E-state index is 2.31. The zero-order valence-electron chi connectivity index (χ0n) is 8.80. The van der Waals surface area contributed by atoms with Gasteiger partial charge in [-0.1, -0.05) is 49.8 Å². The summed E-state index contributed by atoms with van der Waals surface area (Å²) < 4.78 is 0. The summed E-state index contributed by atoms with van der Waals surface area (Å²) in [5, 5.41) is 0. The molecule has 0 unspecified atom stereocenters. The van der Waals surface area contributed by atoms with Crippen LogP contribution in [-0.2, 0) is 0 Å². The summed E-state index contributed by atoms with van der Waals surface area (Å²) in [4.78, 5) is 0. The molecule has 13 heavy (non-hydrogen) atoms. The first-order valence-electron chi connectivity index (χ1n) is 5.04. The maximum absolute atomic E-state index is 2.31. The Bertz CT molecular complexity index is 277. The van der Waals surface area contributed by atoms with Gasteiger partial charge < -0.3 is 0 Å². The van der Waals surface area contributed by atoms with Gasteiger partial charge in [0.05, 0.1) is 0 Å². The molecule has 70 valence electrons. The van der Waals surface area contributed by atoms with Crippen LogP contribution in [0.1, 0.15) is 37.8 Å². The van der Waals surface area contributed by atoms with E-state index in [9.17, 15) is 0 Å². The molecule has 0 aliphatic rings. The van der Waals surface area contributed by atoms with Crippen molar-refractivity contribution < 1.29 is 0 Å². The summed E-state index contributed by atoms with van der Waals surface area (Å²) in [6.07, 6.45) is 4.55. The van der Waals surface area contributed by atoms with Gasteiger partial charge in [-0.15, -0.1) is 0 Å². The van der Waals surface area contributed by atoms with Crippen molar-refractivity contribution >= 4 is 5.57 Å². The van der Waals surface area contributed by atoms with Crippen molar-refractivity contribution in [3.63, 3.8) is 0 Å². The molecule has 1 aromatic rings. The number of hydrogen-bond acceptors (Lipinski definition) is 0. The third-order valence-electron chi connectivity index (χ3n) is 2.25. The Labute approximate surface area is 81.3 Å². The van der Waals surface area contributed by atoms with Crippen molar-refractivity contribution in [3.8, 4) is 0 Å². The minimum Gasteiger partial charge on any atom is -0.0810 e. The van der Waals surface area contributed by atoms with Crippen molar-refractivity contribution in [3.05, 3.63) is 41.5 Å². The molecule has 0 heterocycles. The standard InChI is InChI=1S/C13H18/c1-4-6-12(5-2)13-9-7-11(3)8-10-13/h6-10H,4-5H2,1-3H3/b12-6+. The molecule has 0 heteroatoms. The van der Waals surface area contributed by atoms with E-state index in [1.54, 1.807) is 0 Å². The number of allylic oxidation sites excluding steroid dienone is 2. The summed E-state index contributed by atoms with van der Waals surface area (Å²) in [6.45, 7) is 6.52. The van der Waals surface area contributed by atoms with E-state index in [1.807, 2.05) is 0 Å². The molecule has 0 radical (unpaired) electrons. The Kier molecular flexibility index (Phi) is 3.75. The normalized spacial score (nSPS) is 11.8. The lowest BCUT2D eigenvalue weighted by Gasteiger charge is -2.04. The summed E-state index contributed by atoms with van der Waals surface area (Å²) in [5.74, 6) is 0. The molecule has 0 bridgehead atoms. The molecule has 0 atom stereocenters. The van der Waals surface area contributed by atoms with E-state index < -0.39 is 0 Å². The molecule has 0 spiro atoms. The number of rotatable bonds is 3. The second-order valence-electron chi connectivity index (χ2n) is 3.36. The van der Waals surface area contributed by atoms with Gasteiger partial charge in [0, 0.05) is 0 Å². The Balaban J connectivity index is 2.92. The van der Waals surface area contributed by atoms with Crippen LogP contribution >= 0.6 is 0 Å². The molecular formula is C13H18. The largest absolute Gasteiger partial charge is 0.0810 e. The lowest BCUT2D eigenvalue weighted by molar-refractivity contribution is 1.17. The van der Waals surface area contributed by atoms with Crippen LogP contribution in [0.15, 0.2) is 30.3 Å². The average molecular weight is 174 g/mol. The fraction of sp³-hybridized carbons (Fsp3) is 0.385. The van der Waals surface area contributed by atoms with Gasteiger partial charge in [-0.05, 0) is 30.9 Å². The predicted molar refractivity (Wildman–Crippen MR) is 59.7 cm³/mol. The number of benzene rings is 1. The fourth-order valence-electron chi connectivity index (χ4n) is 1.48. The first-order valence-corrected chi connectivity index (χ1v) is 5.04. The second-order valence-corrected chi connectivity index (χ2v) is 3.36. The van der Waals surface area contributed by atoms with Crippen LogP contribution in [0, 0.1) is 6.92 Å². The smallest absolute Gasteiger partial charge is 0.0228 e. The van der Waals surface area contributed by atoms with Crippen LogP contribution in [0.2, 0.25) is 0 Å². The third kappa shape index (κ3) is 2.73. The summed E-state index contributed by atoms with van der Waals surface area (Å²) in [5.41, 5.74) is 4.16. The molecular weight excluding hydrogens is 156 g/mol. The zero-order chi connectivity index (χ0) is 9.68. The monoisotopic (exact) mass is 174 g/mol. The van der Waals surface area contributed by atoms with Crippen molar-refractivity contribution in [2.45, 2.75) is 33.6 Å². The summed E-state index contributed by atoms with van der Waals surface area (Å²) in [7, 11) is 0. The number of hydrogen-bond donors (Lipinski definition) is 0. The van der Waals surface area contributed by atoms with Crippen LogP contribution in [0.25, 0.3) is 5.57 Å². The van der Waals surface area contributed by atoms with Gasteiger partial charge in [-0.2, -0.15) is 0 Å². The first-order chi connectivity index (χ1) is 6.27. The molecule has 0 N–H and O–H groups in total. The minimum absolute atomic E-state index is 1.12. The highest BCUT2D eigenvalue weighted by molar-refractivity contribution is 5.65. The van der Waals surface area contributed by atoms with E-state index in [2.05, 4.69) is 51.1 Å². The molecule has 0 saturated carbocycles. The van der Waals surface area contributed by atoms with E-state index >= 15 is 0 Å². The van der Waals surface area contributed by atoms with Gasteiger partial charge in [0.2, 0.25) is 0 Å². The molecule has 1 aromatic carbocycles. The third-order valence-corrected chi connectivity index (χ3v) is 2.25. The highest BCUT2D eigenvalue weighted by atomic mass is 14.0. The highest BCUT2D eigenvalue weighted by Crippen LogP contribution is 2.18. The fourth-order valence-corrected chi connectivity index (χ4v) is 1.48. The Morgan fingerprint density at radius 2 is 1.77 bits per heavy atom. The molecule has 0 saturated heterocycles. The first kappa shape index (κ1) is 10.0. The van der Waals surface area contributed by atoms with Crippen LogP contribution < -0.4 is 0 Å². The average Bonchev–Trinajstić information content (AvgIpc) is 2.16. The van der Waals surface area contributed by atoms with E-state index in [0.717, 1.165) is 12.8 Å². The van der Waals surface area contributed by atoms with E-state index in [4.69, 9.17) is 0 Å². The molecule has 1 rings (SSSR count). The van der Waals surface area contributed by atoms with Gasteiger partial charge in [-0.25, -0.2) is 0 Å². The van der Waals surface area contributed by atoms with Crippen molar-refractivity contribution in [2.75, 3.05) is 0 Å². The highest BCUT2D eigenvalue weighted by Gasteiger charge is 1.96. The van der Waals surface area contributed by atoms with Crippen molar-refractivity contribution in [1.82, 2.24) is 0 Å². The topological polar surface area (TPSA) is 0 Å². The quantitative estimate of drug-likeness (QED) is 0.644. The minimum atomic E-state index is 1.12. The van der Waals surface area contributed by atoms with Gasteiger partial charge >= 0.3 is 0 Å². The number of aryl methyl sites for hydroxylation is 1. The van der Waals surface area contributed by atoms with Gasteiger partial charge in [0.15, 0.2) is 0 Å². The van der Waals surface area contributed by atoms with E-state index in [-0.39, 0.29) is 0 Å². The molecule has 0 amide bonds. The van der Waals surface area contributed by atoms with Crippen LogP contribution in [-0.4, -0.2) is 0 Å². The van der Waals surface area contributed by atoms with Crippen molar-refractivity contribution in [2.24, 2.45) is 0 Å². The van der Waals surface area contributed by atoms with Crippen molar-refractivity contribution in [1.29, 1.82) is 0 Å². The van der Waals surface area contributed by atoms with E-state index in [0.29, 0.717) is 0 Å². The maximum Gasteiger partial charge on any atom is -0.0228 e. The van der Waals surface area contributed by atoms with Crippen LogP contribution in [0.5, 0.6) is 0 Å². The molecule has 0 aromatic heterocycles. The molecule has 0 aliphatic heterocycles. The Morgan fingerprint density at radius 1 is 1.15 bits per heavy atom. The summed E-state index contributed by atoms with van der Waals surface area (Å²) >= 11 is 0. The van der Waals surface area contributed by atoms with Gasteiger partial charge in [0.25, 0.3) is 0 Å².